The van der Waals surface area contributed by atoms with Gasteiger partial charge in [-0.15, -0.1) is 0 Å². The number of aliphatic hydroxyl groups excluding tert-OH is 1. The lowest BCUT2D eigenvalue weighted by Crippen LogP contribution is -2.44. The summed E-state index contributed by atoms with van der Waals surface area (Å²) in [6.07, 6.45) is -0.487. The van der Waals surface area contributed by atoms with Gasteiger partial charge in [-0.3, -0.25) is 14.6 Å². The summed E-state index contributed by atoms with van der Waals surface area (Å²) in [7, 11) is 5.82. The molecule has 0 radical (unpaired) electrons. The van der Waals surface area contributed by atoms with Crippen LogP contribution in [0.4, 0.5) is 11.4 Å². The third-order valence-electron chi connectivity index (χ3n) is 6.88. The van der Waals surface area contributed by atoms with E-state index >= 15 is 0 Å². The molecule has 2 fully saturated rings. The van der Waals surface area contributed by atoms with Gasteiger partial charge in [0.25, 0.3) is 0 Å². The minimum atomic E-state index is -0.487. The highest BCUT2D eigenvalue weighted by atomic mass is 16.5. The highest BCUT2D eigenvalue weighted by Gasteiger charge is 2.34. The Bertz CT molecular complexity index is 928. The van der Waals surface area contributed by atoms with Gasteiger partial charge in [0, 0.05) is 63.2 Å². The van der Waals surface area contributed by atoms with Gasteiger partial charge in [-0.05, 0) is 56.1 Å². The number of likely N-dealkylation sites (tertiary alicyclic amines) is 1. The van der Waals surface area contributed by atoms with Gasteiger partial charge in [0.2, 0.25) is 5.91 Å². The smallest absolute Gasteiger partial charge is 0.238 e. The Morgan fingerprint density at radius 1 is 1.06 bits per heavy atom. The molecule has 2 aliphatic heterocycles. The minimum absolute atomic E-state index is 0.0160. The number of carbonyl (C=O) groups excluding carboxylic acids is 1. The summed E-state index contributed by atoms with van der Waals surface area (Å²) in [4.78, 5) is 21.5. The number of hydrogen-bond acceptors (Lipinski definition) is 7. The number of amides is 1. The molecule has 34 heavy (non-hydrogen) atoms. The lowest BCUT2D eigenvalue weighted by atomic mass is 10.1. The summed E-state index contributed by atoms with van der Waals surface area (Å²) in [5.74, 6) is 0.775. The van der Waals surface area contributed by atoms with Crippen LogP contribution in [-0.4, -0.2) is 105 Å². The van der Waals surface area contributed by atoms with E-state index in [1.165, 1.54) is 5.69 Å². The molecule has 2 saturated heterocycles. The van der Waals surface area contributed by atoms with Crippen molar-refractivity contribution in [2.45, 2.75) is 18.7 Å². The maximum atomic E-state index is 12.6. The first-order chi connectivity index (χ1) is 16.4. The van der Waals surface area contributed by atoms with Crippen LogP contribution < -0.4 is 15.0 Å². The van der Waals surface area contributed by atoms with Gasteiger partial charge < -0.3 is 25.0 Å². The van der Waals surface area contributed by atoms with Crippen LogP contribution in [0.15, 0.2) is 48.5 Å². The van der Waals surface area contributed by atoms with Crippen LogP contribution in [0.3, 0.4) is 0 Å². The summed E-state index contributed by atoms with van der Waals surface area (Å²) in [5.41, 5.74) is 3.15. The minimum Gasteiger partial charge on any atom is -0.497 e. The molecule has 2 aromatic rings. The maximum absolute atomic E-state index is 12.6. The van der Waals surface area contributed by atoms with Crippen LogP contribution >= 0.6 is 0 Å². The molecule has 2 heterocycles. The Balaban J connectivity index is 1.24. The normalized spacial score (nSPS) is 21.7. The number of piperazine rings is 1. The van der Waals surface area contributed by atoms with Crippen LogP contribution in [0.25, 0.3) is 0 Å². The standard InChI is InChI=1S/C26H37N5O3/c1-28-12-14-31(15-13-28)22-8-6-21(7-9-22)27-26(33)19-30-17-24(25(32)18-30)29(2)16-20-4-10-23(34-3)11-5-20/h4-11,24-25,32H,12-19H2,1-3H3,(H,27,33)/t24-,25-/m0/s1. The number of benzene rings is 2. The second kappa shape index (κ2) is 11.2. The number of β-amino-alcohol motifs (C(OH)–C–C–N with tert-alkyl or cyclic N) is 1. The number of hydrogen-bond donors (Lipinski definition) is 2. The molecular weight excluding hydrogens is 430 g/mol. The van der Waals surface area contributed by atoms with Crippen LogP contribution in [-0.2, 0) is 11.3 Å². The molecule has 0 aliphatic carbocycles. The average Bonchev–Trinajstić information content (AvgIpc) is 3.20. The Labute approximate surface area is 202 Å². The molecule has 1 amide bonds. The number of nitrogens with one attached hydrogen (secondary N) is 1. The molecule has 0 aromatic heterocycles. The number of anilines is 2. The third kappa shape index (κ3) is 6.27. The van der Waals surface area contributed by atoms with Gasteiger partial charge in [0.1, 0.15) is 5.75 Å². The van der Waals surface area contributed by atoms with Crippen LogP contribution in [0.2, 0.25) is 0 Å². The monoisotopic (exact) mass is 467 g/mol. The van der Waals surface area contributed by atoms with Crippen molar-refractivity contribution in [2.75, 3.05) is 77.2 Å². The largest absolute Gasteiger partial charge is 0.497 e. The summed E-state index contributed by atoms with van der Waals surface area (Å²) < 4.78 is 5.22. The van der Waals surface area contributed by atoms with Crippen molar-refractivity contribution in [3.63, 3.8) is 0 Å². The molecule has 2 aliphatic rings. The molecule has 8 nitrogen and oxygen atoms in total. The van der Waals surface area contributed by atoms with E-state index in [4.69, 9.17) is 4.74 Å². The predicted molar refractivity (Wildman–Crippen MR) is 135 cm³/mol. The molecule has 184 valence electrons. The van der Waals surface area contributed by atoms with Gasteiger partial charge in [0.05, 0.1) is 19.8 Å². The van der Waals surface area contributed by atoms with E-state index in [1.54, 1.807) is 7.11 Å². The zero-order valence-corrected chi connectivity index (χ0v) is 20.5. The zero-order chi connectivity index (χ0) is 24.1. The van der Waals surface area contributed by atoms with E-state index in [0.717, 1.165) is 49.7 Å². The summed E-state index contributed by atoms with van der Waals surface area (Å²) in [5, 5.41) is 13.6. The van der Waals surface area contributed by atoms with Gasteiger partial charge in [0.15, 0.2) is 0 Å². The maximum Gasteiger partial charge on any atom is 0.238 e. The molecule has 2 N–H and O–H groups in total. The lowest BCUT2D eigenvalue weighted by Gasteiger charge is -2.34. The summed E-state index contributed by atoms with van der Waals surface area (Å²) in [6, 6.07) is 16.0. The molecular formula is C26H37N5O3. The Morgan fingerprint density at radius 3 is 2.38 bits per heavy atom. The van der Waals surface area contributed by atoms with Gasteiger partial charge in [-0.2, -0.15) is 0 Å². The average molecular weight is 468 g/mol. The van der Waals surface area contributed by atoms with Crippen molar-refractivity contribution in [3.05, 3.63) is 54.1 Å². The fourth-order valence-corrected chi connectivity index (χ4v) is 4.77. The predicted octanol–water partition coefficient (Wildman–Crippen LogP) is 1.56. The Kier molecular flexibility index (Phi) is 8.05. The van der Waals surface area contributed by atoms with E-state index in [9.17, 15) is 9.90 Å². The van der Waals surface area contributed by atoms with Crippen molar-refractivity contribution in [2.24, 2.45) is 0 Å². The molecule has 4 rings (SSSR count). The van der Waals surface area contributed by atoms with Gasteiger partial charge in [-0.1, -0.05) is 12.1 Å². The van der Waals surface area contributed by atoms with Crippen LogP contribution in [0, 0.1) is 0 Å². The number of likely N-dealkylation sites (N-methyl/N-ethyl adjacent to an activating group) is 2. The third-order valence-corrected chi connectivity index (χ3v) is 6.88. The van der Waals surface area contributed by atoms with Crippen molar-refractivity contribution < 1.29 is 14.6 Å². The number of methoxy groups -OCH3 is 1. The van der Waals surface area contributed by atoms with E-state index in [-0.39, 0.29) is 18.5 Å². The Hall–Kier alpha value is -2.65. The van der Waals surface area contributed by atoms with Crippen LogP contribution in [0.1, 0.15) is 5.56 Å². The van der Waals surface area contributed by atoms with Crippen molar-refractivity contribution in [1.29, 1.82) is 0 Å². The number of rotatable bonds is 8. The fraction of sp³-hybridized carbons (Fsp3) is 0.500. The van der Waals surface area contributed by atoms with Crippen molar-refractivity contribution in [3.8, 4) is 5.75 Å². The molecule has 2 aromatic carbocycles. The molecule has 0 saturated carbocycles. The molecule has 2 atom stereocenters. The Morgan fingerprint density at radius 2 is 1.74 bits per heavy atom. The van der Waals surface area contributed by atoms with Gasteiger partial charge >= 0.3 is 0 Å². The molecule has 0 bridgehead atoms. The number of carbonyl (C=O) groups is 1. The molecule has 8 heteroatoms. The van der Waals surface area contributed by atoms with Crippen LogP contribution in [0.5, 0.6) is 5.75 Å². The summed E-state index contributed by atoms with van der Waals surface area (Å²) >= 11 is 0. The second-order valence-electron chi connectivity index (χ2n) is 9.48. The number of nitrogens with zero attached hydrogens (tertiary/aromatic N) is 4. The lowest BCUT2D eigenvalue weighted by molar-refractivity contribution is -0.117. The van der Waals surface area contributed by atoms with E-state index in [1.807, 2.05) is 48.3 Å². The van der Waals surface area contributed by atoms with E-state index in [2.05, 4.69) is 39.2 Å². The highest BCUT2D eigenvalue weighted by Crippen LogP contribution is 2.21. The summed E-state index contributed by atoms with van der Waals surface area (Å²) in [6.45, 7) is 6.32. The quantitative estimate of drug-likeness (QED) is 0.611. The van der Waals surface area contributed by atoms with E-state index < -0.39 is 6.10 Å². The number of ether oxygens (including phenoxy) is 1. The first kappa shape index (κ1) is 24.5. The highest BCUT2D eigenvalue weighted by molar-refractivity contribution is 5.92. The van der Waals surface area contributed by atoms with Crippen molar-refractivity contribution >= 4 is 17.3 Å². The molecule has 0 spiro atoms. The first-order valence-corrected chi connectivity index (χ1v) is 12.0. The zero-order valence-electron chi connectivity index (χ0n) is 20.5. The second-order valence-corrected chi connectivity index (χ2v) is 9.48. The first-order valence-electron chi connectivity index (χ1n) is 12.0. The van der Waals surface area contributed by atoms with E-state index in [0.29, 0.717) is 13.1 Å². The fourth-order valence-electron chi connectivity index (χ4n) is 4.77. The molecule has 0 unspecified atom stereocenters. The SMILES string of the molecule is COc1ccc(CN(C)[C@H]2CN(CC(=O)Nc3ccc(N4CCN(C)CC4)cc3)C[C@@H]2O)cc1. The topological polar surface area (TPSA) is 71.5 Å². The van der Waals surface area contributed by atoms with Gasteiger partial charge in [-0.25, -0.2) is 0 Å². The number of aliphatic hydroxyl groups is 1. The van der Waals surface area contributed by atoms with Crippen molar-refractivity contribution in [1.82, 2.24) is 14.7 Å².